The van der Waals surface area contributed by atoms with E-state index < -0.39 is 0 Å². The zero-order valence-electron chi connectivity index (χ0n) is 9.47. The first-order valence-corrected chi connectivity index (χ1v) is 7.25. The van der Waals surface area contributed by atoms with Crippen LogP contribution in [0, 0.1) is 12.7 Å². The first-order valence-electron chi connectivity index (χ1n) is 5.19. The number of ketones is 1. The van der Waals surface area contributed by atoms with Crippen LogP contribution in [0.5, 0.6) is 0 Å². The monoisotopic (exact) mass is 346 g/mol. The zero-order valence-corrected chi connectivity index (χ0v) is 12.6. The predicted octanol–water partition coefficient (Wildman–Crippen LogP) is 5.04. The molecule has 1 heterocycles. The highest BCUT2D eigenvalue weighted by Gasteiger charge is 2.16. The van der Waals surface area contributed by atoms with Crippen LogP contribution in [-0.2, 0) is 6.42 Å². The lowest BCUT2D eigenvalue weighted by Gasteiger charge is -2.03. The minimum absolute atomic E-state index is 0.0931. The molecule has 94 valence electrons. The lowest BCUT2D eigenvalue weighted by atomic mass is 10.1. The molecule has 0 amide bonds. The quantitative estimate of drug-likeness (QED) is 0.711. The van der Waals surface area contributed by atoms with E-state index in [0.29, 0.717) is 15.5 Å². The molecule has 18 heavy (non-hydrogen) atoms. The summed E-state index contributed by atoms with van der Waals surface area (Å²) >= 11 is 10.7. The third-order valence-corrected chi connectivity index (χ3v) is 5.02. The largest absolute Gasteiger partial charge is 0.293 e. The molecule has 0 aliphatic carbocycles. The molecule has 5 heteroatoms. The van der Waals surface area contributed by atoms with Crippen LogP contribution in [0.3, 0.4) is 0 Å². The van der Waals surface area contributed by atoms with Gasteiger partial charge < -0.3 is 0 Å². The third kappa shape index (κ3) is 2.82. The van der Waals surface area contributed by atoms with Crippen LogP contribution in [0.1, 0.15) is 20.8 Å². The maximum atomic E-state index is 13.1. The van der Waals surface area contributed by atoms with E-state index in [-0.39, 0.29) is 18.0 Å². The topological polar surface area (TPSA) is 17.1 Å². The molecule has 1 aromatic heterocycles. The van der Waals surface area contributed by atoms with Gasteiger partial charge in [0.25, 0.3) is 0 Å². The van der Waals surface area contributed by atoms with Gasteiger partial charge in [-0.2, -0.15) is 0 Å². The lowest BCUT2D eigenvalue weighted by molar-refractivity contribution is 0.0996. The van der Waals surface area contributed by atoms with Crippen molar-refractivity contribution in [1.29, 1.82) is 0 Å². The summed E-state index contributed by atoms with van der Waals surface area (Å²) < 4.78 is 13.9. The van der Waals surface area contributed by atoms with E-state index in [1.165, 1.54) is 23.5 Å². The van der Waals surface area contributed by atoms with E-state index in [2.05, 4.69) is 15.9 Å². The normalized spacial score (nSPS) is 10.7. The number of aryl methyl sites for hydroxylation is 1. The smallest absolute Gasteiger partial charge is 0.178 e. The van der Waals surface area contributed by atoms with Gasteiger partial charge in [0.1, 0.15) is 5.82 Å². The first-order chi connectivity index (χ1) is 8.49. The highest BCUT2D eigenvalue weighted by atomic mass is 79.9. The molecule has 0 aliphatic rings. The Bertz CT molecular complexity index is 609. The number of Topliss-reactive ketones (excluding diaryl/α,β-unsaturated/α-hetero) is 1. The standard InChI is InChI=1S/C13H9BrClFOS/c1-7-6-18-13(12(7)15)11(17)5-8-4-9(16)2-3-10(8)14/h2-4,6H,5H2,1H3. The minimum atomic E-state index is -0.352. The van der Waals surface area contributed by atoms with Crippen molar-refractivity contribution >= 4 is 44.7 Å². The Hall–Kier alpha value is -0.710. The SMILES string of the molecule is Cc1csc(C(=O)Cc2cc(F)ccc2Br)c1Cl. The second kappa shape index (κ2) is 5.51. The van der Waals surface area contributed by atoms with Crippen LogP contribution in [-0.4, -0.2) is 5.78 Å². The summed E-state index contributed by atoms with van der Waals surface area (Å²) in [4.78, 5) is 12.6. The molecule has 1 nitrogen and oxygen atoms in total. The van der Waals surface area contributed by atoms with Gasteiger partial charge >= 0.3 is 0 Å². The molecule has 0 N–H and O–H groups in total. The summed E-state index contributed by atoms with van der Waals surface area (Å²) in [6, 6.07) is 4.30. The second-order valence-electron chi connectivity index (χ2n) is 3.90. The third-order valence-electron chi connectivity index (χ3n) is 2.51. The van der Waals surface area contributed by atoms with E-state index in [9.17, 15) is 9.18 Å². The van der Waals surface area contributed by atoms with E-state index in [1.54, 1.807) is 6.07 Å². The van der Waals surface area contributed by atoms with E-state index >= 15 is 0 Å². The van der Waals surface area contributed by atoms with Crippen molar-refractivity contribution in [3.8, 4) is 0 Å². The van der Waals surface area contributed by atoms with Gasteiger partial charge in [-0.15, -0.1) is 11.3 Å². The molecule has 2 aromatic rings. The van der Waals surface area contributed by atoms with Gasteiger partial charge in [-0.3, -0.25) is 4.79 Å². The summed E-state index contributed by atoms with van der Waals surface area (Å²) in [7, 11) is 0. The number of hydrogen-bond acceptors (Lipinski definition) is 2. The summed E-state index contributed by atoms with van der Waals surface area (Å²) in [6.07, 6.45) is 0.137. The summed E-state index contributed by atoms with van der Waals surface area (Å²) in [5.74, 6) is -0.446. The van der Waals surface area contributed by atoms with Gasteiger partial charge in [-0.1, -0.05) is 27.5 Å². The number of rotatable bonds is 3. The van der Waals surface area contributed by atoms with Crippen molar-refractivity contribution in [1.82, 2.24) is 0 Å². The lowest BCUT2D eigenvalue weighted by Crippen LogP contribution is -2.03. The minimum Gasteiger partial charge on any atom is -0.293 e. The van der Waals surface area contributed by atoms with E-state index in [4.69, 9.17) is 11.6 Å². The average molecular weight is 348 g/mol. The van der Waals surface area contributed by atoms with Crippen LogP contribution in [0.2, 0.25) is 5.02 Å². The number of thiophene rings is 1. The zero-order chi connectivity index (χ0) is 13.3. The van der Waals surface area contributed by atoms with Crippen LogP contribution < -0.4 is 0 Å². The Morgan fingerprint density at radius 1 is 1.50 bits per heavy atom. The van der Waals surface area contributed by atoms with Crippen LogP contribution in [0.25, 0.3) is 0 Å². The van der Waals surface area contributed by atoms with Gasteiger partial charge in [-0.05, 0) is 41.6 Å². The Morgan fingerprint density at radius 3 is 2.83 bits per heavy atom. The summed E-state index contributed by atoms with van der Waals surface area (Å²) in [5.41, 5.74) is 1.52. The molecule has 0 atom stereocenters. The van der Waals surface area contributed by atoms with Crippen molar-refractivity contribution in [2.75, 3.05) is 0 Å². The molecule has 1 aromatic carbocycles. The fourth-order valence-electron chi connectivity index (χ4n) is 1.55. The van der Waals surface area contributed by atoms with Gasteiger partial charge in [0.05, 0.1) is 9.90 Å². The number of halogens is 3. The number of benzene rings is 1. The molecular weight excluding hydrogens is 339 g/mol. The molecular formula is C13H9BrClFOS. The highest BCUT2D eigenvalue weighted by molar-refractivity contribution is 9.10. The molecule has 2 rings (SSSR count). The number of carbonyl (C=O) groups excluding carboxylic acids is 1. The second-order valence-corrected chi connectivity index (χ2v) is 6.01. The fraction of sp³-hybridized carbons (Fsp3) is 0.154. The van der Waals surface area contributed by atoms with Crippen molar-refractivity contribution in [2.24, 2.45) is 0 Å². The fourth-order valence-corrected chi connectivity index (χ4v) is 3.18. The molecule has 0 saturated carbocycles. The summed E-state index contributed by atoms with van der Waals surface area (Å²) in [6.45, 7) is 1.85. The van der Waals surface area contributed by atoms with Gasteiger partial charge in [0, 0.05) is 10.9 Å². The van der Waals surface area contributed by atoms with Crippen LogP contribution in [0.4, 0.5) is 4.39 Å². The highest BCUT2D eigenvalue weighted by Crippen LogP contribution is 2.29. The van der Waals surface area contributed by atoms with Crippen LogP contribution >= 0.6 is 38.9 Å². The van der Waals surface area contributed by atoms with Crippen molar-refractivity contribution < 1.29 is 9.18 Å². The van der Waals surface area contributed by atoms with Gasteiger partial charge in [0.2, 0.25) is 0 Å². The predicted molar refractivity (Wildman–Crippen MR) is 76.2 cm³/mol. The molecule has 0 unspecified atom stereocenters. The van der Waals surface area contributed by atoms with Crippen LogP contribution in [0.15, 0.2) is 28.1 Å². The molecule has 0 fully saturated rings. The van der Waals surface area contributed by atoms with Gasteiger partial charge in [0.15, 0.2) is 5.78 Å². The maximum absolute atomic E-state index is 13.1. The van der Waals surface area contributed by atoms with E-state index in [1.807, 2.05) is 12.3 Å². The van der Waals surface area contributed by atoms with Gasteiger partial charge in [-0.25, -0.2) is 4.39 Å². The molecule has 0 saturated heterocycles. The number of carbonyl (C=O) groups is 1. The van der Waals surface area contributed by atoms with Crippen molar-refractivity contribution in [3.05, 3.63) is 54.9 Å². The molecule has 0 spiro atoms. The maximum Gasteiger partial charge on any atom is 0.178 e. The average Bonchev–Trinajstić information content (AvgIpc) is 2.65. The molecule has 0 aliphatic heterocycles. The van der Waals surface area contributed by atoms with Crippen molar-refractivity contribution in [3.63, 3.8) is 0 Å². The first kappa shape index (κ1) is 13.7. The van der Waals surface area contributed by atoms with Crippen molar-refractivity contribution in [2.45, 2.75) is 13.3 Å². The molecule has 0 radical (unpaired) electrons. The Kier molecular flexibility index (Phi) is 4.20. The Morgan fingerprint density at radius 2 is 2.22 bits per heavy atom. The summed E-state index contributed by atoms with van der Waals surface area (Å²) in [5, 5.41) is 2.34. The Labute approximate surface area is 122 Å². The van der Waals surface area contributed by atoms with E-state index in [0.717, 1.165) is 10.0 Å². The Balaban J connectivity index is 2.27. The number of hydrogen-bond donors (Lipinski definition) is 0. The molecule has 0 bridgehead atoms.